The van der Waals surface area contributed by atoms with Crippen LogP contribution in [0.1, 0.15) is 30.2 Å². The Kier molecular flexibility index (Phi) is 4.10. The molecule has 0 unspecified atom stereocenters. The van der Waals surface area contributed by atoms with E-state index in [1.165, 1.54) is 0 Å². The van der Waals surface area contributed by atoms with Gasteiger partial charge in [0.25, 0.3) is 0 Å². The number of hydrogen-bond acceptors (Lipinski definition) is 3. The monoisotopic (exact) mass is 259 g/mol. The average molecular weight is 259 g/mol. The van der Waals surface area contributed by atoms with Crippen molar-refractivity contribution in [2.75, 3.05) is 5.32 Å². The summed E-state index contributed by atoms with van der Waals surface area (Å²) in [6.07, 6.45) is 2.89. The Labute approximate surface area is 114 Å². The molecule has 1 aromatic carbocycles. The van der Waals surface area contributed by atoms with E-state index in [2.05, 4.69) is 17.3 Å². The fourth-order valence-corrected chi connectivity index (χ4v) is 2.14. The van der Waals surface area contributed by atoms with Crippen LogP contribution in [0.4, 0.5) is 5.69 Å². The normalized spacial score (nSPS) is 10.7. The minimum absolute atomic E-state index is 0.368. The molecule has 4 nitrogen and oxygen atoms in total. The molecule has 0 atom stereocenters. The van der Waals surface area contributed by atoms with Gasteiger partial charge in [-0.3, -0.25) is 4.68 Å². The van der Waals surface area contributed by atoms with Crippen molar-refractivity contribution in [2.45, 2.75) is 40.3 Å². The number of rotatable bonds is 5. The molecule has 0 aliphatic rings. The molecular weight excluding hydrogens is 238 g/mol. The smallest absolute Gasteiger partial charge is 0.123 e. The quantitative estimate of drug-likeness (QED) is 0.866. The molecule has 0 radical (unpaired) electrons. The summed E-state index contributed by atoms with van der Waals surface area (Å²) < 4.78 is 2.01. The van der Waals surface area contributed by atoms with Crippen LogP contribution in [-0.2, 0) is 13.1 Å². The molecule has 19 heavy (non-hydrogen) atoms. The number of aromatic hydroxyl groups is 1. The SMILES string of the molecule is CCCn1nccc1CNc1ccc(C)c(O)c1C. The number of aryl methyl sites for hydroxylation is 2. The van der Waals surface area contributed by atoms with E-state index in [4.69, 9.17) is 0 Å². The summed E-state index contributed by atoms with van der Waals surface area (Å²) in [5.41, 5.74) is 3.91. The first-order chi connectivity index (χ1) is 9.13. The fourth-order valence-electron chi connectivity index (χ4n) is 2.14. The molecule has 1 aromatic heterocycles. The van der Waals surface area contributed by atoms with Crippen molar-refractivity contribution in [3.05, 3.63) is 41.2 Å². The first-order valence-electron chi connectivity index (χ1n) is 6.67. The van der Waals surface area contributed by atoms with Crippen LogP contribution in [0.25, 0.3) is 0 Å². The lowest BCUT2D eigenvalue weighted by Crippen LogP contribution is -2.09. The summed E-state index contributed by atoms with van der Waals surface area (Å²) in [6, 6.07) is 5.95. The Hall–Kier alpha value is -1.97. The van der Waals surface area contributed by atoms with Crippen LogP contribution in [0.3, 0.4) is 0 Å². The minimum atomic E-state index is 0.368. The van der Waals surface area contributed by atoms with Gasteiger partial charge in [0.05, 0.1) is 12.2 Å². The van der Waals surface area contributed by atoms with E-state index in [-0.39, 0.29) is 0 Å². The van der Waals surface area contributed by atoms with Crippen molar-refractivity contribution in [3.8, 4) is 5.75 Å². The fraction of sp³-hybridized carbons (Fsp3) is 0.400. The van der Waals surface area contributed by atoms with Gasteiger partial charge < -0.3 is 10.4 Å². The maximum atomic E-state index is 9.93. The number of phenols is 1. The highest BCUT2D eigenvalue weighted by molar-refractivity contribution is 5.59. The van der Waals surface area contributed by atoms with Gasteiger partial charge in [-0.1, -0.05) is 13.0 Å². The highest BCUT2D eigenvalue weighted by Crippen LogP contribution is 2.28. The number of nitrogens with one attached hydrogen (secondary N) is 1. The number of aromatic nitrogens is 2. The Morgan fingerprint density at radius 1 is 1.26 bits per heavy atom. The number of benzene rings is 1. The number of anilines is 1. The molecule has 0 aliphatic heterocycles. The second-order valence-electron chi connectivity index (χ2n) is 4.80. The lowest BCUT2D eigenvalue weighted by atomic mass is 10.1. The largest absolute Gasteiger partial charge is 0.507 e. The van der Waals surface area contributed by atoms with Gasteiger partial charge in [-0.2, -0.15) is 5.10 Å². The third-order valence-corrected chi connectivity index (χ3v) is 3.33. The number of nitrogens with zero attached hydrogens (tertiary/aromatic N) is 2. The summed E-state index contributed by atoms with van der Waals surface area (Å²) in [5.74, 6) is 0.368. The van der Waals surface area contributed by atoms with Crippen LogP contribution < -0.4 is 5.32 Å². The first-order valence-corrected chi connectivity index (χ1v) is 6.67. The molecule has 2 N–H and O–H groups in total. The number of phenolic OH excluding ortho intramolecular Hbond substituents is 1. The zero-order valence-electron chi connectivity index (χ0n) is 11.8. The van der Waals surface area contributed by atoms with Gasteiger partial charge in [-0.15, -0.1) is 0 Å². The molecule has 2 rings (SSSR count). The van der Waals surface area contributed by atoms with Crippen LogP contribution in [-0.4, -0.2) is 14.9 Å². The molecule has 0 fully saturated rings. The molecule has 4 heteroatoms. The maximum absolute atomic E-state index is 9.93. The minimum Gasteiger partial charge on any atom is -0.507 e. The summed E-state index contributed by atoms with van der Waals surface area (Å²) in [5, 5.41) is 17.6. The van der Waals surface area contributed by atoms with E-state index in [1.54, 1.807) is 0 Å². The van der Waals surface area contributed by atoms with E-state index < -0.39 is 0 Å². The summed E-state index contributed by atoms with van der Waals surface area (Å²) in [4.78, 5) is 0. The molecule has 0 saturated carbocycles. The van der Waals surface area contributed by atoms with Gasteiger partial charge in [-0.25, -0.2) is 0 Å². The first kappa shape index (κ1) is 13.5. The molecule has 0 aliphatic carbocycles. The van der Waals surface area contributed by atoms with E-state index in [9.17, 15) is 5.11 Å². The highest BCUT2D eigenvalue weighted by atomic mass is 16.3. The van der Waals surface area contributed by atoms with Crippen molar-refractivity contribution in [2.24, 2.45) is 0 Å². The molecular formula is C15H21N3O. The Morgan fingerprint density at radius 3 is 2.79 bits per heavy atom. The van der Waals surface area contributed by atoms with Gasteiger partial charge in [0.2, 0.25) is 0 Å². The zero-order valence-corrected chi connectivity index (χ0v) is 11.8. The molecule has 0 spiro atoms. The van der Waals surface area contributed by atoms with Gasteiger partial charge in [0.15, 0.2) is 0 Å². The maximum Gasteiger partial charge on any atom is 0.123 e. The third-order valence-electron chi connectivity index (χ3n) is 3.33. The van der Waals surface area contributed by atoms with E-state index in [1.807, 2.05) is 42.9 Å². The van der Waals surface area contributed by atoms with Gasteiger partial charge in [0.1, 0.15) is 5.75 Å². The average Bonchev–Trinajstić information content (AvgIpc) is 2.83. The van der Waals surface area contributed by atoms with Gasteiger partial charge >= 0.3 is 0 Å². The molecule has 0 amide bonds. The molecule has 0 bridgehead atoms. The van der Waals surface area contributed by atoms with E-state index >= 15 is 0 Å². The second-order valence-corrected chi connectivity index (χ2v) is 4.80. The predicted molar refractivity (Wildman–Crippen MR) is 77.4 cm³/mol. The van der Waals surface area contributed by atoms with Crippen LogP contribution in [0.15, 0.2) is 24.4 Å². The topological polar surface area (TPSA) is 50.1 Å². The Morgan fingerprint density at radius 2 is 2.05 bits per heavy atom. The van der Waals surface area contributed by atoms with E-state index in [0.29, 0.717) is 12.3 Å². The number of hydrogen-bond donors (Lipinski definition) is 2. The second kappa shape index (κ2) is 5.78. The lowest BCUT2D eigenvalue weighted by molar-refractivity contribution is 0.467. The molecule has 2 aromatic rings. The van der Waals surface area contributed by atoms with Crippen LogP contribution in [0.5, 0.6) is 5.75 Å². The Balaban J connectivity index is 2.10. The summed E-state index contributed by atoms with van der Waals surface area (Å²) >= 11 is 0. The highest BCUT2D eigenvalue weighted by Gasteiger charge is 2.07. The van der Waals surface area contributed by atoms with Gasteiger partial charge in [-0.05, 0) is 38.0 Å². The molecule has 1 heterocycles. The van der Waals surface area contributed by atoms with Crippen molar-refractivity contribution in [3.63, 3.8) is 0 Å². The lowest BCUT2D eigenvalue weighted by Gasteiger charge is -2.13. The van der Waals surface area contributed by atoms with Crippen LogP contribution in [0, 0.1) is 13.8 Å². The zero-order chi connectivity index (χ0) is 13.8. The standard InChI is InChI=1S/C15H21N3O/c1-4-9-18-13(7-8-17-18)10-16-14-6-5-11(2)15(19)12(14)3/h5-8,16,19H,4,9-10H2,1-3H3. The van der Waals surface area contributed by atoms with E-state index in [0.717, 1.165) is 35.5 Å². The molecule has 102 valence electrons. The van der Waals surface area contributed by atoms with Crippen molar-refractivity contribution >= 4 is 5.69 Å². The predicted octanol–water partition coefficient (Wildman–Crippen LogP) is 3.23. The summed E-state index contributed by atoms with van der Waals surface area (Å²) in [7, 11) is 0. The van der Waals surface area contributed by atoms with Crippen LogP contribution >= 0.6 is 0 Å². The van der Waals surface area contributed by atoms with Crippen molar-refractivity contribution < 1.29 is 5.11 Å². The summed E-state index contributed by atoms with van der Waals surface area (Å²) in [6.45, 7) is 7.61. The van der Waals surface area contributed by atoms with Crippen molar-refractivity contribution in [1.29, 1.82) is 0 Å². The van der Waals surface area contributed by atoms with Crippen LogP contribution in [0.2, 0.25) is 0 Å². The molecule has 0 saturated heterocycles. The van der Waals surface area contributed by atoms with Crippen molar-refractivity contribution in [1.82, 2.24) is 9.78 Å². The third kappa shape index (κ3) is 2.89. The van der Waals surface area contributed by atoms with Gasteiger partial charge in [0, 0.05) is 24.0 Å². The Bertz CT molecular complexity index is 561.